The molecule has 1 saturated carbocycles. The minimum absolute atomic E-state index is 0.868. The van der Waals surface area contributed by atoms with Gasteiger partial charge in [0.05, 0.1) is 0 Å². The molecular weight excluding hydrogens is 202 g/mol. The van der Waals surface area contributed by atoms with Crippen LogP contribution in [-0.2, 0) is 0 Å². The van der Waals surface area contributed by atoms with Crippen LogP contribution >= 0.6 is 12.6 Å². The molecule has 1 rings (SSSR count). The maximum Gasteiger partial charge on any atom is 0.00924 e. The Morgan fingerprint density at radius 1 is 1.13 bits per heavy atom. The Labute approximate surface area is 101 Å². The van der Waals surface area contributed by atoms with Gasteiger partial charge in [-0.2, -0.15) is 12.6 Å². The normalized spacial score (nSPS) is 27.2. The molecule has 0 aromatic carbocycles. The van der Waals surface area contributed by atoms with Crippen LogP contribution in [0.3, 0.4) is 0 Å². The van der Waals surface area contributed by atoms with E-state index in [1.54, 1.807) is 0 Å². The molecule has 15 heavy (non-hydrogen) atoms. The molecule has 2 heteroatoms. The van der Waals surface area contributed by atoms with Gasteiger partial charge < -0.3 is 4.90 Å². The lowest BCUT2D eigenvalue weighted by molar-refractivity contribution is 0.162. The van der Waals surface area contributed by atoms with Crippen molar-refractivity contribution >= 4 is 12.6 Å². The van der Waals surface area contributed by atoms with Gasteiger partial charge in [0.1, 0.15) is 0 Å². The molecule has 0 heterocycles. The summed E-state index contributed by atoms with van der Waals surface area (Å²) in [5.74, 6) is 2.06. The summed E-state index contributed by atoms with van der Waals surface area (Å²) in [5, 5.41) is 0. The summed E-state index contributed by atoms with van der Waals surface area (Å²) in [7, 11) is 2.30. The van der Waals surface area contributed by atoms with Crippen LogP contribution in [0.25, 0.3) is 0 Å². The largest absolute Gasteiger partial charge is 0.303 e. The number of rotatable bonds is 6. The van der Waals surface area contributed by atoms with Crippen LogP contribution in [0.15, 0.2) is 0 Å². The predicted molar refractivity (Wildman–Crippen MR) is 71.8 cm³/mol. The molecule has 0 aromatic rings. The Morgan fingerprint density at radius 3 is 2.33 bits per heavy atom. The van der Waals surface area contributed by atoms with E-state index in [9.17, 15) is 0 Å². The summed E-state index contributed by atoms with van der Waals surface area (Å²) in [6.07, 6.45) is 9.73. The van der Waals surface area contributed by atoms with Crippen molar-refractivity contribution in [3.05, 3.63) is 0 Å². The van der Waals surface area contributed by atoms with Gasteiger partial charge in [-0.25, -0.2) is 0 Å². The van der Waals surface area contributed by atoms with Crippen molar-refractivity contribution in [1.29, 1.82) is 0 Å². The average molecular weight is 229 g/mol. The van der Waals surface area contributed by atoms with Crippen LogP contribution in [0.5, 0.6) is 0 Å². The average Bonchev–Trinajstić information content (AvgIpc) is 2.29. The molecule has 0 saturated heterocycles. The molecule has 0 N–H and O–H groups in total. The zero-order valence-electron chi connectivity index (χ0n) is 10.4. The Kier molecular flexibility index (Phi) is 6.74. The summed E-state index contributed by atoms with van der Waals surface area (Å²) in [6, 6.07) is 0.868. The third kappa shape index (κ3) is 4.78. The van der Waals surface area contributed by atoms with Crippen LogP contribution in [0.1, 0.15) is 51.9 Å². The third-order valence-electron chi connectivity index (χ3n) is 3.94. The molecular formula is C13H27NS. The first-order valence-corrected chi connectivity index (χ1v) is 7.22. The van der Waals surface area contributed by atoms with Gasteiger partial charge in [0, 0.05) is 6.04 Å². The second-order valence-corrected chi connectivity index (χ2v) is 5.44. The maximum atomic E-state index is 4.26. The Bertz CT molecular complexity index is 153. The van der Waals surface area contributed by atoms with E-state index in [4.69, 9.17) is 0 Å². The first-order chi connectivity index (χ1) is 7.27. The quantitative estimate of drug-likeness (QED) is 0.538. The minimum atomic E-state index is 0.868. The highest BCUT2D eigenvalue weighted by molar-refractivity contribution is 7.80. The molecule has 0 amide bonds. The van der Waals surface area contributed by atoms with Gasteiger partial charge in [0.15, 0.2) is 0 Å². The van der Waals surface area contributed by atoms with Crippen molar-refractivity contribution in [2.75, 3.05) is 19.3 Å². The number of thiol groups is 1. The highest BCUT2D eigenvalue weighted by Crippen LogP contribution is 2.28. The first-order valence-electron chi connectivity index (χ1n) is 6.59. The van der Waals surface area contributed by atoms with Crippen molar-refractivity contribution in [2.45, 2.75) is 57.9 Å². The second kappa shape index (κ2) is 7.56. The van der Waals surface area contributed by atoms with Gasteiger partial charge >= 0.3 is 0 Å². The molecule has 0 bridgehead atoms. The number of hydrogen-bond acceptors (Lipinski definition) is 2. The number of nitrogens with zero attached hydrogens (tertiary/aromatic N) is 1. The fraction of sp³-hybridized carbons (Fsp3) is 1.00. The van der Waals surface area contributed by atoms with Crippen LogP contribution in [0, 0.1) is 5.92 Å². The molecule has 1 aliphatic rings. The highest BCUT2D eigenvalue weighted by Gasteiger charge is 2.22. The molecule has 0 aromatic heterocycles. The van der Waals surface area contributed by atoms with E-state index in [-0.39, 0.29) is 0 Å². The Hall–Kier alpha value is 0.310. The molecule has 1 nitrogen and oxygen atoms in total. The Balaban J connectivity index is 2.15. The SMILES string of the molecule is CCC1CCC(N(C)CCCCS)CC1. The number of hydrogen-bond donors (Lipinski definition) is 1. The minimum Gasteiger partial charge on any atom is -0.303 e. The zero-order chi connectivity index (χ0) is 11.1. The lowest BCUT2D eigenvalue weighted by Crippen LogP contribution is -2.35. The topological polar surface area (TPSA) is 3.24 Å². The maximum absolute atomic E-state index is 4.26. The molecule has 1 aliphatic carbocycles. The van der Waals surface area contributed by atoms with Gasteiger partial charge in [0.2, 0.25) is 0 Å². The predicted octanol–water partition coefficient (Wildman–Crippen LogP) is 3.60. The van der Waals surface area contributed by atoms with Gasteiger partial charge in [-0.1, -0.05) is 13.3 Å². The van der Waals surface area contributed by atoms with Crippen LogP contribution in [0.4, 0.5) is 0 Å². The van der Waals surface area contributed by atoms with Crippen molar-refractivity contribution in [3.63, 3.8) is 0 Å². The van der Waals surface area contributed by atoms with Crippen LogP contribution < -0.4 is 0 Å². The van der Waals surface area contributed by atoms with E-state index in [0.29, 0.717) is 0 Å². The van der Waals surface area contributed by atoms with Crippen molar-refractivity contribution in [3.8, 4) is 0 Å². The van der Waals surface area contributed by atoms with E-state index in [2.05, 4.69) is 31.5 Å². The van der Waals surface area contributed by atoms with Crippen molar-refractivity contribution < 1.29 is 0 Å². The van der Waals surface area contributed by atoms with Crippen molar-refractivity contribution in [2.24, 2.45) is 5.92 Å². The van der Waals surface area contributed by atoms with E-state index < -0.39 is 0 Å². The molecule has 0 unspecified atom stereocenters. The molecule has 0 radical (unpaired) electrons. The number of unbranched alkanes of at least 4 members (excludes halogenated alkanes) is 1. The standard InChI is InChI=1S/C13H27NS/c1-3-12-6-8-13(9-7-12)14(2)10-4-5-11-15/h12-13,15H,3-11H2,1-2H3. The molecule has 0 aliphatic heterocycles. The van der Waals surface area contributed by atoms with Gasteiger partial charge in [0.25, 0.3) is 0 Å². The fourth-order valence-corrected chi connectivity index (χ4v) is 2.87. The van der Waals surface area contributed by atoms with E-state index in [0.717, 1.165) is 17.7 Å². The van der Waals surface area contributed by atoms with Gasteiger partial charge in [-0.15, -0.1) is 0 Å². The van der Waals surface area contributed by atoms with E-state index in [1.165, 1.54) is 51.5 Å². The van der Waals surface area contributed by atoms with Gasteiger partial charge in [-0.3, -0.25) is 0 Å². The van der Waals surface area contributed by atoms with Crippen LogP contribution in [0.2, 0.25) is 0 Å². The lowest BCUT2D eigenvalue weighted by Gasteiger charge is -2.34. The lowest BCUT2D eigenvalue weighted by atomic mass is 9.84. The molecule has 0 spiro atoms. The Morgan fingerprint density at radius 2 is 1.80 bits per heavy atom. The summed E-state index contributed by atoms with van der Waals surface area (Å²) in [6.45, 7) is 3.60. The first kappa shape index (κ1) is 13.4. The highest BCUT2D eigenvalue weighted by atomic mass is 32.1. The summed E-state index contributed by atoms with van der Waals surface area (Å²) in [4.78, 5) is 2.58. The summed E-state index contributed by atoms with van der Waals surface area (Å²) in [5.41, 5.74) is 0. The zero-order valence-corrected chi connectivity index (χ0v) is 11.3. The summed E-state index contributed by atoms with van der Waals surface area (Å²) >= 11 is 4.26. The van der Waals surface area contributed by atoms with Crippen molar-refractivity contribution in [1.82, 2.24) is 4.90 Å². The molecule has 1 fully saturated rings. The smallest absolute Gasteiger partial charge is 0.00924 e. The van der Waals surface area contributed by atoms with Crippen LogP contribution in [-0.4, -0.2) is 30.3 Å². The monoisotopic (exact) mass is 229 g/mol. The van der Waals surface area contributed by atoms with E-state index in [1.807, 2.05) is 0 Å². The molecule has 90 valence electrons. The fourth-order valence-electron chi connectivity index (χ4n) is 2.65. The van der Waals surface area contributed by atoms with Gasteiger partial charge in [-0.05, 0) is 63.8 Å². The summed E-state index contributed by atoms with van der Waals surface area (Å²) < 4.78 is 0. The second-order valence-electron chi connectivity index (χ2n) is 4.99. The third-order valence-corrected chi connectivity index (χ3v) is 4.25. The van der Waals surface area contributed by atoms with E-state index >= 15 is 0 Å². The molecule has 0 atom stereocenters.